The van der Waals surface area contributed by atoms with Crippen molar-refractivity contribution in [1.29, 1.82) is 0 Å². The monoisotopic (exact) mass is 408 g/mol. The molecule has 6 nitrogen and oxygen atoms in total. The van der Waals surface area contributed by atoms with Crippen molar-refractivity contribution in [3.05, 3.63) is 33.4 Å². The molecule has 6 heterocycles. The van der Waals surface area contributed by atoms with Crippen molar-refractivity contribution in [2.45, 2.75) is 60.4 Å². The van der Waals surface area contributed by atoms with E-state index in [-0.39, 0.29) is 17.6 Å². The quantitative estimate of drug-likeness (QED) is 0.464. The first kappa shape index (κ1) is 17.0. The summed E-state index contributed by atoms with van der Waals surface area (Å²) in [5.41, 5.74) is -1.69. The largest absolute Gasteiger partial charge is 0.459 e. The molecule has 6 rings (SSSR count). The second-order valence-corrected chi connectivity index (χ2v) is 10.7. The van der Waals surface area contributed by atoms with Crippen LogP contribution >= 0.6 is 23.1 Å². The molecule has 1 aromatic rings. The standard InChI is InChI=1S/C19H22NO5S2/c1-20(2)10-6-9(7-11(20)16-15(10)25-16)23-18(21)19(22,13-4-3-5-26-13)14-8-12-17(24-12)27-14/h3-5,8-12,15-17,22H,6-7H2,1-2H3/q+1/t9?,10-,11+,12?,15-,16+,17?,19?. The number of ether oxygens (including phenoxy) is 3. The number of thiophene rings is 1. The number of quaternary nitrogens is 1. The molecule has 27 heavy (non-hydrogen) atoms. The highest BCUT2D eigenvalue weighted by atomic mass is 32.2. The summed E-state index contributed by atoms with van der Waals surface area (Å²) in [6, 6.07) is 4.37. The minimum Gasteiger partial charge on any atom is -0.459 e. The van der Waals surface area contributed by atoms with Crippen LogP contribution in [-0.4, -0.2) is 71.6 Å². The van der Waals surface area contributed by atoms with E-state index in [1.54, 1.807) is 6.07 Å². The van der Waals surface area contributed by atoms with Gasteiger partial charge in [0, 0.05) is 17.7 Å². The zero-order chi connectivity index (χ0) is 18.6. The Morgan fingerprint density at radius 2 is 2.04 bits per heavy atom. The summed E-state index contributed by atoms with van der Waals surface area (Å²) in [5.74, 6) is -0.559. The number of carbonyl (C=O) groups excluding carboxylic acids is 1. The molecule has 0 aliphatic carbocycles. The van der Waals surface area contributed by atoms with Gasteiger partial charge >= 0.3 is 5.97 Å². The van der Waals surface area contributed by atoms with E-state index in [0.29, 0.717) is 34.1 Å². The van der Waals surface area contributed by atoms with Crippen molar-refractivity contribution in [1.82, 2.24) is 0 Å². The molecule has 144 valence electrons. The molecule has 0 spiro atoms. The van der Waals surface area contributed by atoms with Crippen LogP contribution in [0.15, 0.2) is 28.5 Å². The number of epoxide rings is 2. The van der Waals surface area contributed by atoms with Crippen LogP contribution in [-0.2, 0) is 24.6 Å². The average molecular weight is 409 g/mol. The fourth-order valence-electron chi connectivity index (χ4n) is 5.19. The topological polar surface area (TPSA) is 71.6 Å². The Labute approximate surface area is 165 Å². The third-order valence-corrected chi connectivity index (χ3v) is 9.16. The summed E-state index contributed by atoms with van der Waals surface area (Å²) in [6.07, 6.45) is 3.90. The van der Waals surface area contributed by atoms with E-state index >= 15 is 0 Å². The average Bonchev–Trinajstić information content (AvgIpc) is 3.43. The van der Waals surface area contributed by atoms with Crippen LogP contribution in [0, 0.1) is 0 Å². The third-order valence-electron chi connectivity index (χ3n) is 6.88. The molecular formula is C19H22NO5S2+. The van der Waals surface area contributed by atoms with Crippen molar-refractivity contribution in [2.75, 3.05) is 14.1 Å². The predicted octanol–water partition coefficient (Wildman–Crippen LogP) is 1.59. The van der Waals surface area contributed by atoms with Gasteiger partial charge in [-0.2, -0.15) is 0 Å². The number of esters is 1. The zero-order valence-corrected chi connectivity index (χ0v) is 16.7. The van der Waals surface area contributed by atoms with E-state index in [0.717, 1.165) is 17.3 Å². The van der Waals surface area contributed by atoms with Crippen LogP contribution in [0.2, 0.25) is 0 Å². The first-order chi connectivity index (χ1) is 12.9. The summed E-state index contributed by atoms with van der Waals surface area (Å²) in [6.45, 7) is 0. The summed E-state index contributed by atoms with van der Waals surface area (Å²) >= 11 is 2.80. The number of hydrogen-bond acceptors (Lipinski definition) is 7. The van der Waals surface area contributed by atoms with Crippen molar-refractivity contribution < 1.29 is 28.6 Å². The minimum absolute atomic E-state index is 0.0113. The van der Waals surface area contributed by atoms with Gasteiger partial charge in [-0.05, 0) is 17.5 Å². The number of likely N-dealkylation sites (N-methyl/N-ethyl adjacent to an activating group) is 1. The molecule has 1 aromatic heterocycles. The summed E-state index contributed by atoms with van der Waals surface area (Å²) in [5, 5.41) is 13.4. The Morgan fingerprint density at radius 3 is 2.63 bits per heavy atom. The van der Waals surface area contributed by atoms with E-state index in [1.807, 2.05) is 17.5 Å². The van der Waals surface area contributed by atoms with Gasteiger partial charge in [0.15, 0.2) is 0 Å². The van der Waals surface area contributed by atoms with Gasteiger partial charge in [-0.15, -0.1) is 11.3 Å². The summed E-state index contributed by atoms with van der Waals surface area (Å²) < 4.78 is 18.1. The van der Waals surface area contributed by atoms with Crippen LogP contribution < -0.4 is 0 Å². The van der Waals surface area contributed by atoms with Gasteiger partial charge in [0.1, 0.15) is 41.9 Å². The van der Waals surface area contributed by atoms with Gasteiger partial charge in [-0.1, -0.05) is 17.8 Å². The Bertz CT molecular complexity index is 819. The van der Waals surface area contributed by atoms with E-state index in [2.05, 4.69) is 14.1 Å². The van der Waals surface area contributed by atoms with Crippen LogP contribution in [0.1, 0.15) is 17.7 Å². The van der Waals surface area contributed by atoms with Crippen LogP contribution in [0.4, 0.5) is 0 Å². The maximum atomic E-state index is 13.2. The highest BCUT2D eigenvalue weighted by molar-refractivity contribution is 8.04. The SMILES string of the molecule is C[N+]1(C)[C@@H]2CC(OC(=O)C(O)(C3=CC4OC4S3)c3cccs3)C[C@H]1[C@@H]1O[C@@H]12. The fraction of sp³-hybridized carbons (Fsp3) is 0.632. The maximum absolute atomic E-state index is 13.2. The summed E-state index contributed by atoms with van der Waals surface area (Å²) in [4.78, 5) is 14.5. The van der Waals surface area contributed by atoms with Gasteiger partial charge in [0.2, 0.25) is 5.60 Å². The molecule has 1 N–H and O–H groups in total. The van der Waals surface area contributed by atoms with Gasteiger partial charge in [-0.25, -0.2) is 4.79 Å². The molecule has 5 aliphatic rings. The molecule has 8 atom stereocenters. The fourth-order valence-corrected chi connectivity index (χ4v) is 7.30. The van der Waals surface area contributed by atoms with Crippen LogP contribution in [0.3, 0.4) is 0 Å². The molecule has 8 heteroatoms. The zero-order valence-electron chi connectivity index (χ0n) is 15.1. The maximum Gasteiger partial charge on any atom is 0.349 e. The Morgan fingerprint density at radius 1 is 1.30 bits per heavy atom. The highest BCUT2D eigenvalue weighted by Gasteiger charge is 2.71. The lowest BCUT2D eigenvalue weighted by molar-refractivity contribution is -0.938. The molecule has 2 bridgehead atoms. The van der Waals surface area contributed by atoms with Crippen LogP contribution in [0.5, 0.6) is 0 Å². The van der Waals surface area contributed by atoms with Crippen LogP contribution in [0.25, 0.3) is 0 Å². The molecular weight excluding hydrogens is 386 g/mol. The number of carbonyl (C=O) groups is 1. The molecule has 0 saturated carbocycles. The predicted molar refractivity (Wildman–Crippen MR) is 100 cm³/mol. The smallest absolute Gasteiger partial charge is 0.349 e. The molecule has 0 aromatic carbocycles. The number of piperidine rings is 1. The Kier molecular flexibility index (Phi) is 3.38. The normalized spacial score (nSPS) is 44.7. The van der Waals surface area contributed by atoms with Crippen molar-refractivity contribution in [3.63, 3.8) is 0 Å². The van der Waals surface area contributed by atoms with E-state index in [9.17, 15) is 9.90 Å². The van der Waals surface area contributed by atoms with Gasteiger partial charge in [0.05, 0.1) is 19.0 Å². The second kappa shape index (κ2) is 5.37. The molecule has 4 unspecified atom stereocenters. The van der Waals surface area contributed by atoms with Crippen molar-refractivity contribution >= 4 is 29.1 Å². The number of hydrogen-bond donors (Lipinski definition) is 1. The molecule has 0 radical (unpaired) electrons. The number of aliphatic hydroxyl groups is 1. The lowest BCUT2D eigenvalue weighted by Gasteiger charge is -2.45. The number of rotatable bonds is 4. The Hall–Kier alpha value is -0.900. The van der Waals surface area contributed by atoms with E-state index in [1.165, 1.54) is 23.1 Å². The first-order valence-electron chi connectivity index (χ1n) is 9.39. The van der Waals surface area contributed by atoms with Crippen molar-refractivity contribution in [2.24, 2.45) is 0 Å². The number of fused-ring (bicyclic) bond motifs is 6. The lowest BCUT2D eigenvalue weighted by atomic mass is 9.95. The van der Waals surface area contributed by atoms with Crippen molar-refractivity contribution in [3.8, 4) is 0 Å². The van der Waals surface area contributed by atoms with E-state index < -0.39 is 11.6 Å². The molecule has 0 amide bonds. The lowest BCUT2D eigenvalue weighted by Crippen LogP contribution is -2.60. The molecule has 4 fully saturated rings. The van der Waals surface area contributed by atoms with E-state index in [4.69, 9.17) is 14.2 Å². The molecule has 5 aliphatic heterocycles. The molecule has 4 saturated heterocycles. The minimum atomic E-state index is -1.73. The number of morpholine rings is 1. The van der Waals surface area contributed by atoms with Gasteiger partial charge < -0.3 is 23.8 Å². The first-order valence-corrected chi connectivity index (χ1v) is 11.2. The summed E-state index contributed by atoms with van der Waals surface area (Å²) in [7, 11) is 4.49. The number of nitrogens with zero attached hydrogens (tertiary/aromatic N) is 1. The highest BCUT2D eigenvalue weighted by Crippen LogP contribution is 2.54. The third kappa shape index (κ3) is 2.31. The second-order valence-electron chi connectivity index (χ2n) is 8.63. The Balaban J connectivity index is 1.26. The number of thioether (sulfide) groups is 1. The van der Waals surface area contributed by atoms with Gasteiger partial charge in [0.25, 0.3) is 0 Å². The van der Waals surface area contributed by atoms with Gasteiger partial charge in [-0.3, -0.25) is 0 Å².